The van der Waals surface area contributed by atoms with Crippen LogP contribution in [-0.2, 0) is 4.74 Å². The van der Waals surface area contributed by atoms with Gasteiger partial charge in [0, 0.05) is 11.6 Å². The number of aromatic nitrogens is 2. The third kappa shape index (κ3) is 2.12. The average Bonchev–Trinajstić information content (AvgIpc) is 2.63. The SMILES string of the molecule is CC1(CO)[C@H](O)[C@H](n2ccc(N)nc2=O)O[C@@H]1CO. The third-order valence-electron chi connectivity index (χ3n) is 3.62. The van der Waals surface area contributed by atoms with Gasteiger partial charge in [-0.05, 0) is 6.07 Å². The predicted molar refractivity (Wildman–Crippen MR) is 65.1 cm³/mol. The molecule has 1 unspecified atom stereocenters. The Bertz CT molecular complexity index is 519. The first-order chi connectivity index (χ1) is 8.93. The molecular weight excluding hydrogens is 254 g/mol. The van der Waals surface area contributed by atoms with Gasteiger partial charge in [-0.3, -0.25) is 4.57 Å². The maximum absolute atomic E-state index is 11.7. The van der Waals surface area contributed by atoms with Crippen LogP contribution in [0.1, 0.15) is 13.2 Å². The molecule has 1 aromatic heterocycles. The Morgan fingerprint density at radius 1 is 1.58 bits per heavy atom. The molecule has 0 aliphatic carbocycles. The van der Waals surface area contributed by atoms with Gasteiger partial charge in [-0.15, -0.1) is 0 Å². The Balaban J connectivity index is 2.39. The van der Waals surface area contributed by atoms with Crippen molar-refractivity contribution < 1.29 is 20.1 Å². The Morgan fingerprint density at radius 2 is 2.26 bits per heavy atom. The van der Waals surface area contributed by atoms with E-state index in [0.717, 1.165) is 4.57 Å². The summed E-state index contributed by atoms with van der Waals surface area (Å²) in [4.78, 5) is 15.3. The number of ether oxygens (including phenoxy) is 1. The maximum Gasteiger partial charge on any atom is 0.351 e. The second-order valence-corrected chi connectivity index (χ2v) is 4.85. The van der Waals surface area contributed by atoms with Crippen molar-refractivity contribution in [2.24, 2.45) is 5.41 Å². The lowest BCUT2D eigenvalue weighted by Gasteiger charge is -2.29. The molecule has 2 heterocycles. The molecule has 1 aliphatic rings. The van der Waals surface area contributed by atoms with Crippen molar-refractivity contribution in [3.05, 3.63) is 22.7 Å². The molecule has 0 saturated carbocycles. The normalized spacial score (nSPS) is 34.6. The van der Waals surface area contributed by atoms with Crippen LogP contribution >= 0.6 is 0 Å². The summed E-state index contributed by atoms with van der Waals surface area (Å²) in [6.07, 6.45) is -1.59. The second kappa shape index (κ2) is 4.89. The van der Waals surface area contributed by atoms with Crippen LogP contribution in [0.15, 0.2) is 17.1 Å². The zero-order valence-electron chi connectivity index (χ0n) is 10.4. The van der Waals surface area contributed by atoms with Gasteiger partial charge < -0.3 is 25.8 Å². The first kappa shape index (κ1) is 13.9. The Morgan fingerprint density at radius 3 is 2.74 bits per heavy atom. The first-order valence-corrected chi connectivity index (χ1v) is 5.84. The Hall–Kier alpha value is -1.48. The molecule has 19 heavy (non-hydrogen) atoms. The molecule has 8 heteroatoms. The molecule has 8 nitrogen and oxygen atoms in total. The fourth-order valence-corrected chi connectivity index (χ4v) is 2.20. The number of hydrogen-bond donors (Lipinski definition) is 4. The minimum absolute atomic E-state index is 0.0670. The van der Waals surface area contributed by atoms with E-state index in [1.807, 2.05) is 0 Å². The van der Waals surface area contributed by atoms with Crippen molar-refractivity contribution in [1.29, 1.82) is 0 Å². The molecule has 106 valence electrons. The van der Waals surface area contributed by atoms with Gasteiger partial charge in [0.2, 0.25) is 0 Å². The molecule has 1 fully saturated rings. The van der Waals surface area contributed by atoms with Crippen molar-refractivity contribution in [2.75, 3.05) is 18.9 Å². The molecule has 1 aromatic rings. The largest absolute Gasteiger partial charge is 0.396 e. The lowest BCUT2D eigenvalue weighted by Crippen LogP contribution is -2.43. The van der Waals surface area contributed by atoms with E-state index in [1.165, 1.54) is 12.3 Å². The number of nitrogens with two attached hydrogens (primary N) is 1. The van der Waals surface area contributed by atoms with E-state index in [-0.39, 0.29) is 19.0 Å². The van der Waals surface area contributed by atoms with E-state index >= 15 is 0 Å². The molecule has 4 atom stereocenters. The molecule has 0 bridgehead atoms. The van der Waals surface area contributed by atoms with E-state index < -0.39 is 29.5 Å². The van der Waals surface area contributed by atoms with Crippen LogP contribution in [0.5, 0.6) is 0 Å². The van der Waals surface area contributed by atoms with Crippen LogP contribution < -0.4 is 11.4 Å². The van der Waals surface area contributed by atoms with Crippen LogP contribution in [0.3, 0.4) is 0 Å². The highest BCUT2D eigenvalue weighted by molar-refractivity contribution is 5.23. The number of aliphatic hydroxyl groups excluding tert-OH is 3. The molecule has 0 radical (unpaired) electrons. The van der Waals surface area contributed by atoms with Gasteiger partial charge in [0.25, 0.3) is 0 Å². The second-order valence-electron chi connectivity index (χ2n) is 4.85. The summed E-state index contributed by atoms with van der Waals surface area (Å²) in [7, 11) is 0. The van der Waals surface area contributed by atoms with E-state index in [0.29, 0.717) is 0 Å². The summed E-state index contributed by atoms with van der Waals surface area (Å²) in [6.45, 7) is 0.823. The van der Waals surface area contributed by atoms with Crippen molar-refractivity contribution in [3.63, 3.8) is 0 Å². The minimum Gasteiger partial charge on any atom is -0.396 e. The van der Waals surface area contributed by atoms with Gasteiger partial charge in [-0.1, -0.05) is 6.92 Å². The number of anilines is 1. The van der Waals surface area contributed by atoms with Crippen LogP contribution in [0.4, 0.5) is 5.82 Å². The van der Waals surface area contributed by atoms with Gasteiger partial charge in [-0.25, -0.2) is 4.79 Å². The van der Waals surface area contributed by atoms with Crippen LogP contribution in [0.25, 0.3) is 0 Å². The molecule has 1 aliphatic heterocycles. The molecule has 2 rings (SSSR count). The standard InChI is InChI=1S/C11H17N3O5/c1-11(5-16)6(4-15)19-9(8(11)17)14-3-2-7(12)13-10(14)18/h2-3,6,8-9,15-17H,4-5H2,1H3,(H2,12,13,18)/t6-,8-,9-,11?/m1/s1. The summed E-state index contributed by atoms with van der Waals surface area (Å²) in [5.74, 6) is 0.0670. The number of nitrogen functional groups attached to an aromatic ring is 1. The fraction of sp³-hybridized carbons (Fsp3) is 0.636. The van der Waals surface area contributed by atoms with Crippen LogP contribution in [0, 0.1) is 5.41 Å². The van der Waals surface area contributed by atoms with Crippen molar-refractivity contribution in [2.45, 2.75) is 25.4 Å². The van der Waals surface area contributed by atoms with E-state index in [4.69, 9.17) is 10.5 Å². The fourth-order valence-electron chi connectivity index (χ4n) is 2.20. The smallest absolute Gasteiger partial charge is 0.351 e. The molecular formula is C11H17N3O5. The highest BCUT2D eigenvalue weighted by Crippen LogP contribution is 2.42. The zero-order valence-corrected chi connectivity index (χ0v) is 10.4. The lowest BCUT2D eigenvalue weighted by atomic mass is 9.81. The molecule has 0 aromatic carbocycles. The summed E-state index contributed by atoms with van der Waals surface area (Å²) in [6, 6.07) is 1.40. The highest BCUT2D eigenvalue weighted by atomic mass is 16.5. The summed E-state index contributed by atoms with van der Waals surface area (Å²) >= 11 is 0. The van der Waals surface area contributed by atoms with E-state index in [1.54, 1.807) is 6.92 Å². The first-order valence-electron chi connectivity index (χ1n) is 5.84. The van der Waals surface area contributed by atoms with E-state index in [2.05, 4.69) is 4.98 Å². The molecule has 0 spiro atoms. The van der Waals surface area contributed by atoms with E-state index in [9.17, 15) is 20.1 Å². The Kier molecular flexibility index (Phi) is 3.59. The van der Waals surface area contributed by atoms with Crippen molar-refractivity contribution in [3.8, 4) is 0 Å². The summed E-state index contributed by atoms with van der Waals surface area (Å²) in [5.41, 5.74) is 3.67. The molecule has 0 amide bonds. The van der Waals surface area contributed by atoms with Crippen molar-refractivity contribution in [1.82, 2.24) is 9.55 Å². The van der Waals surface area contributed by atoms with Gasteiger partial charge in [-0.2, -0.15) is 4.98 Å². The predicted octanol–water partition coefficient (Wildman–Crippen LogP) is -1.93. The number of aliphatic hydroxyl groups is 3. The average molecular weight is 271 g/mol. The highest BCUT2D eigenvalue weighted by Gasteiger charge is 2.53. The Labute approximate surface area is 109 Å². The van der Waals surface area contributed by atoms with Gasteiger partial charge in [0.05, 0.1) is 19.3 Å². The number of hydrogen-bond acceptors (Lipinski definition) is 7. The van der Waals surface area contributed by atoms with Gasteiger partial charge in [0.15, 0.2) is 6.23 Å². The topological polar surface area (TPSA) is 131 Å². The minimum atomic E-state index is -1.15. The zero-order chi connectivity index (χ0) is 14.2. The van der Waals surface area contributed by atoms with Crippen molar-refractivity contribution >= 4 is 5.82 Å². The molecule has 5 N–H and O–H groups in total. The number of rotatable bonds is 3. The van der Waals surface area contributed by atoms with Crippen LogP contribution in [0.2, 0.25) is 0 Å². The maximum atomic E-state index is 11.7. The van der Waals surface area contributed by atoms with Crippen LogP contribution in [-0.4, -0.2) is 50.3 Å². The monoisotopic (exact) mass is 271 g/mol. The quantitative estimate of drug-likeness (QED) is 0.503. The van der Waals surface area contributed by atoms with Gasteiger partial charge >= 0.3 is 5.69 Å². The number of nitrogens with zero attached hydrogens (tertiary/aromatic N) is 2. The third-order valence-corrected chi connectivity index (χ3v) is 3.62. The molecule has 1 saturated heterocycles. The lowest BCUT2D eigenvalue weighted by molar-refractivity contribution is -0.0571. The van der Waals surface area contributed by atoms with Gasteiger partial charge in [0.1, 0.15) is 11.9 Å². The summed E-state index contributed by atoms with van der Waals surface area (Å²) < 4.78 is 6.55. The summed E-state index contributed by atoms with van der Waals surface area (Å²) in [5, 5.41) is 28.9.